The number of benzene rings is 1. The summed E-state index contributed by atoms with van der Waals surface area (Å²) in [6.45, 7) is 25.9. The largest absolute Gasteiger partial charge is 0.414 e. The minimum absolute atomic E-state index is 0.0563. The highest BCUT2D eigenvalue weighted by Gasteiger charge is 2.56. The van der Waals surface area contributed by atoms with Gasteiger partial charge < -0.3 is 38.8 Å². The van der Waals surface area contributed by atoms with Crippen molar-refractivity contribution in [1.29, 1.82) is 0 Å². The molecule has 3 N–H and O–H groups in total. The zero-order valence-corrected chi connectivity index (χ0v) is 41.3. The van der Waals surface area contributed by atoms with Crippen LogP contribution < -0.4 is 11.1 Å². The van der Waals surface area contributed by atoms with Crippen LogP contribution in [0.5, 0.6) is 0 Å². The van der Waals surface area contributed by atoms with Crippen molar-refractivity contribution in [2.45, 2.75) is 147 Å². The monoisotopic (exact) mass is 926 g/mol. The van der Waals surface area contributed by atoms with Crippen LogP contribution in [0.25, 0.3) is 22.3 Å². The van der Waals surface area contributed by atoms with Crippen molar-refractivity contribution in [3.05, 3.63) is 73.4 Å². The molecule has 3 fully saturated rings. The maximum absolute atomic E-state index is 14.5. The second kappa shape index (κ2) is 17.1. The van der Waals surface area contributed by atoms with Gasteiger partial charge in [-0.25, -0.2) is 29.9 Å². The first-order chi connectivity index (χ1) is 30.4. The van der Waals surface area contributed by atoms with Crippen molar-refractivity contribution >= 4 is 62.3 Å². The maximum Gasteiger partial charge on any atom is 0.256 e. The molecule has 4 aromatic heterocycles. The lowest BCUT2D eigenvalue weighted by Gasteiger charge is -2.41. The summed E-state index contributed by atoms with van der Waals surface area (Å²) < 4.78 is 44.2. The van der Waals surface area contributed by atoms with E-state index in [1.165, 1.54) is 12.7 Å². The zero-order valence-electron chi connectivity index (χ0n) is 39.3. The first-order valence-corrected chi connectivity index (χ1v) is 27.9. The Bertz CT molecular complexity index is 2590. The molecule has 18 nitrogen and oxygen atoms in total. The summed E-state index contributed by atoms with van der Waals surface area (Å²) in [5, 5.41) is 2.65. The number of nitrogens with one attached hydrogen (secondary N) is 1. The average Bonchev–Trinajstić information content (AvgIpc) is 4.05. The standard InChI is InChI=1S/C45H62N10O8Si2/c1-43(2,3)64(9,10)58-21-30-28(33(63-65(11,12)44(4,5)6)41(60-30)54-24-51-31-36(46)47-22-49-38(31)54)20-27(56)18-19-29-34-35(62-45(7,8)61-34)42(59-29)55-25-52-32-37(48-23-50-39(32)55)53-40(57)26-16-14-13-15-17-26/h13-19,22-25,28-30,33-35,41-42H,20-21H2,1-12H3,(H2,46,47,49)(H,48,50,53,57)/b19-18+/t28-,29-,30-,33-,34-,35-,41-,42-/m1/s1. The van der Waals surface area contributed by atoms with Crippen molar-refractivity contribution in [3.8, 4) is 0 Å². The zero-order chi connectivity index (χ0) is 46.9. The maximum atomic E-state index is 14.5. The number of nitrogens with zero attached hydrogens (tertiary/aromatic N) is 8. The van der Waals surface area contributed by atoms with Crippen molar-refractivity contribution in [1.82, 2.24) is 39.0 Å². The van der Waals surface area contributed by atoms with Gasteiger partial charge in [-0.3, -0.25) is 18.7 Å². The van der Waals surface area contributed by atoms with Crippen LogP contribution >= 0.6 is 0 Å². The van der Waals surface area contributed by atoms with Gasteiger partial charge in [-0.05, 0) is 74.4 Å². The van der Waals surface area contributed by atoms with E-state index in [2.05, 4.69) is 103 Å². The number of hydrogen-bond donors (Lipinski definition) is 2. The molecule has 3 aliphatic heterocycles. The molecule has 3 saturated heterocycles. The Hall–Kier alpha value is -4.81. The lowest BCUT2D eigenvalue weighted by molar-refractivity contribution is -0.191. The number of ether oxygens (including phenoxy) is 4. The molecule has 0 bridgehead atoms. The molecule has 0 spiro atoms. The summed E-state index contributed by atoms with van der Waals surface area (Å²) >= 11 is 0. The smallest absolute Gasteiger partial charge is 0.256 e. The second-order valence-electron chi connectivity index (χ2n) is 20.7. The normalized spacial score (nSPS) is 26.1. The molecular weight excluding hydrogens is 865 g/mol. The summed E-state index contributed by atoms with van der Waals surface area (Å²) in [5.41, 5.74) is 8.49. The van der Waals surface area contributed by atoms with Crippen molar-refractivity contribution in [2.24, 2.45) is 5.92 Å². The molecule has 20 heteroatoms. The fraction of sp³-hybridized carbons (Fsp3) is 0.556. The third-order valence-corrected chi connectivity index (χ3v) is 22.7. The number of carbonyl (C=O) groups excluding carboxylic acids is 2. The van der Waals surface area contributed by atoms with Crippen molar-refractivity contribution in [2.75, 3.05) is 17.7 Å². The molecule has 5 aromatic rings. The molecule has 0 saturated carbocycles. The van der Waals surface area contributed by atoms with E-state index in [-0.39, 0.29) is 46.4 Å². The predicted molar refractivity (Wildman–Crippen MR) is 249 cm³/mol. The molecule has 3 aliphatic rings. The number of imidazole rings is 2. The topological polar surface area (TPSA) is 215 Å². The van der Waals surface area contributed by atoms with Crippen LogP contribution in [0, 0.1) is 5.92 Å². The summed E-state index contributed by atoms with van der Waals surface area (Å²) in [6, 6.07) is 8.85. The van der Waals surface area contributed by atoms with E-state index in [4.69, 9.17) is 33.5 Å². The molecule has 348 valence electrons. The summed E-state index contributed by atoms with van der Waals surface area (Å²) in [4.78, 5) is 54.2. The van der Waals surface area contributed by atoms with E-state index in [0.717, 1.165) is 0 Å². The average molecular weight is 927 g/mol. The Labute approximate surface area is 381 Å². The third kappa shape index (κ3) is 9.18. The van der Waals surface area contributed by atoms with E-state index in [9.17, 15) is 9.59 Å². The number of fused-ring (bicyclic) bond motifs is 3. The fourth-order valence-electron chi connectivity index (χ4n) is 8.03. The van der Waals surface area contributed by atoms with Gasteiger partial charge in [-0.1, -0.05) is 59.7 Å². The molecule has 0 unspecified atom stereocenters. The molecule has 0 radical (unpaired) electrons. The lowest BCUT2D eigenvalue weighted by atomic mass is 9.92. The van der Waals surface area contributed by atoms with Crippen molar-refractivity contribution < 1.29 is 37.4 Å². The molecule has 7 heterocycles. The second-order valence-corrected chi connectivity index (χ2v) is 30.2. The number of ketones is 1. The number of nitrogen functional groups attached to an aromatic ring is 1. The van der Waals surface area contributed by atoms with Gasteiger partial charge in [0.15, 0.2) is 69.1 Å². The van der Waals surface area contributed by atoms with Gasteiger partial charge in [-0.2, -0.15) is 0 Å². The van der Waals surface area contributed by atoms with Crippen LogP contribution in [0.4, 0.5) is 11.6 Å². The van der Waals surface area contributed by atoms with E-state index in [1.54, 1.807) is 53.6 Å². The number of rotatable bonds is 13. The Morgan fingerprint density at radius 3 is 2.11 bits per heavy atom. The Balaban J connectivity index is 1.08. The summed E-state index contributed by atoms with van der Waals surface area (Å²) in [6.07, 6.45) is 5.05. The fourth-order valence-corrected chi connectivity index (χ4v) is 10.4. The first kappa shape index (κ1) is 46.7. The SMILES string of the molecule is CC1(C)O[C@@H]2[C@H](O1)[C@@H](/C=C/C(=O)C[C@H]1[C@@H](O[Si](C)(C)C(C)(C)C)[C@H](n3cnc4c(N)ncnc43)O[C@@H]1CO[Si](C)(C)C(C)(C)C)O[C@H]2n1cnc2c(NC(=O)c3ccccc3)ncnc21. The van der Waals surface area contributed by atoms with Crippen LogP contribution in [0.15, 0.2) is 67.8 Å². The van der Waals surface area contributed by atoms with Crippen LogP contribution in [0.1, 0.15) is 84.6 Å². The molecular formula is C45H62N10O8Si2. The summed E-state index contributed by atoms with van der Waals surface area (Å²) in [7, 11) is -4.74. The number of carbonyl (C=O) groups is 2. The predicted octanol–water partition coefficient (Wildman–Crippen LogP) is 7.36. The molecule has 1 amide bonds. The van der Waals surface area contributed by atoms with E-state index < -0.39 is 71.3 Å². The number of nitrogens with two attached hydrogens (primary N) is 1. The summed E-state index contributed by atoms with van der Waals surface area (Å²) in [5.74, 6) is -1.33. The number of anilines is 2. The van der Waals surface area contributed by atoms with Gasteiger partial charge in [0.05, 0.1) is 31.5 Å². The number of amides is 1. The number of hydrogen-bond acceptors (Lipinski definition) is 15. The molecule has 0 aliphatic carbocycles. The Morgan fingerprint density at radius 2 is 1.43 bits per heavy atom. The quantitative estimate of drug-likeness (QED) is 0.0872. The highest BCUT2D eigenvalue weighted by molar-refractivity contribution is 6.74. The molecule has 65 heavy (non-hydrogen) atoms. The van der Waals surface area contributed by atoms with E-state index in [1.807, 2.05) is 24.5 Å². The lowest BCUT2D eigenvalue weighted by Crippen LogP contribution is -2.48. The molecule has 8 rings (SSSR count). The highest BCUT2D eigenvalue weighted by Crippen LogP contribution is 2.48. The third-order valence-electron chi connectivity index (χ3n) is 13.7. The minimum Gasteiger partial charge on any atom is -0.414 e. The highest BCUT2D eigenvalue weighted by atomic mass is 28.4. The minimum atomic E-state index is -2.48. The molecule has 8 atom stereocenters. The van der Waals surface area contributed by atoms with Gasteiger partial charge in [0.2, 0.25) is 0 Å². The number of allylic oxidation sites excluding steroid dienone is 1. The van der Waals surface area contributed by atoms with Gasteiger partial charge in [0, 0.05) is 17.9 Å². The van der Waals surface area contributed by atoms with E-state index in [0.29, 0.717) is 27.9 Å². The first-order valence-electron chi connectivity index (χ1n) is 22.1. The van der Waals surface area contributed by atoms with Gasteiger partial charge >= 0.3 is 0 Å². The Kier molecular flexibility index (Phi) is 12.3. The van der Waals surface area contributed by atoms with Gasteiger partial charge in [0.25, 0.3) is 5.91 Å². The van der Waals surface area contributed by atoms with Crippen LogP contribution in [-0.4, -0.2) is 110 Å². The van der Waals surface area contributed by atoms with Crippen LogP contribution in [0.3, 0.4) is 0 Å². The van der Waals surface area contributed by atoms with Crippen molar-refractivity contribution in [3.63, 3.8) is 0 Å². The van der Waals surface area contributed by atoms with Gasteiger partial charge in [-0.15, -0.1) is 0 Å². The van der Waals surface area contributed by atoms with Crippen LogP contribution in [-0.2, 0) is 32.6 Å². The van der Waals surface area contributed by atoms with E-state index >= 15 is 0 Å². The van der Waals surface area contributed by atoms with Crippen LogP contribution in [0.2, 0.25) is 36.3 Å². The van der Waals surface area contributed by atoms with Gasteiger partial charge in [0.1, 0.15) is 36.5 Å². The Morgan fingerprint density at radius 1 is 0.815 bits per heavy atom. The number of aromatic nitrogens is 8. The molecule has 1 aromatic carbocycles.